The van der Waals surface area contributed by atoms with Crippen LogP contribution < -0.4 is 15.1 Å². The molecule has 0 radical (unpaired) electrons. The van der Waals surface area contributed by atoms with E-state index in [1.807, 2.05) is 30.3 Å². The minimum absolute atomic E-state index is 0.00196. The topological polar surface area (TPSA) is 82.1 Å². The van der Waals surface area contributed by atoms with Gasteiger partial charge in [-0.05, 0) is 49.6 Å². The van der Waals surface area contributed by atoms with Crippen LogP contribution >= 0.6 is 0 Å². The molecule has 2 fully saturated rings. The van der Waals surface area contributed by atoms with Gasteiger partial charge in [0.25, 0.3) is 0 Å². The highest BCUT2D eigenvalue weighted by Gasteiger charge is 2.43. The minimum atomic E-state index is -5.03. The third-order valence-corrected chi connectivity index (χ3v) is 7.14. The first kappa shape index (κ1) is 28.5. The monoisotopic (exact) mass is 559 g/mol. The van der Waals surface area contributed by atoms with Crippen LogP contribution in [0.4, 0.5) is 32.0 Å². The third kappa shape index (κ3) is 6.75. The minimum Gasteiger partial charge on any atom is -0.490 e. The van der Waals surface area contributed by atoms with Crippen LogP contribution in [-0.4, -0.2) is 54.2 Å². The number of nitrogens with one attached hydrogen (secondary N) is 1. The van der Waals surface area contributed by atoms with E-state index in [4.69, 9.17) is 4.74 Å². The number of nitrogens with zero attached hydrogens (tertiary/aromatic N) is 2. The van der Waals surface area contributed by atoms with E-state index in [0.29, 0.717) is 38.3 Å². The van der Waals surface area contributed by atoms with E-state index in [0.717, 1.165) is 5.69 Å². The number of amides is 2. The molecule has 2 aromatic rings. The standard InChI is InChI=1S/C26H27F6N3O4/c27-25(28,29)16-12-17(26(30,31)32)14-20(13-16)39-19-6-7-21(22(15-19)23(36)33-38)24(37)35-10-8-34(9-11-35)18-4-2-1-3-5-18/h1-5,12-14,19,21-22,38H,6-11,15H2,(H,33,36)/t19-,21+,22+/m1/s1. The first-order valence-electron chi connectivity index (χ1n) is 12.4. The zero-order valence-corrected chi connectivity index (χ0v) is 20.6. The smallest absolute Gasteiger partial charge is 0.416 e. The summed E-state index contributed by atoms with van der Waals surface area (Å²) >= 11 is 0. The molecule has 1 heterocycles. The van der Waals surface area contributed by atoms with Crippen LogP contribution in [0.2, 0.25) is 0 Å². The van der Waals surface area contributed by atoms with Gasteiger partial charge in [0, 0.05) is 31.9 Å². The zero-order chi connectivity index (χ0) is 28.4. The molecule has 212 valence electrons. The second-order valence-corrected chi connectivity index (χ2v) is 9.63. The number of hydrogen-bond acceptors (Lipinski definition) is 5. The summed E-state index contributed by atoms with van der Waals surface area (Å²) in [5, 5.41) is 9.26. The largest absolute Gasteiger partial charge is 0.490 e. The Bertz CT molecular complexity index is 1130. The molecule has 1 aliphatic carbocycles. The second-order valence-electron chi connectivity index (χ2n) is 9.63. The van der Waals surface area contributed by atoms with Gasteiger partial charge in [-0.2, -0.15) is 26.3 Å². The van der Waals surface area contributed by atoms with Gasteiger partial charge in [0.2, 0.25) is 11.8 Å². The number of alkyl halides is 6. The quantitative estimate of drug-likeness (QED) is 0.314. The summed E-state index contributed by atoms with van der Waals surface area (Å²) in [4.78, 5) is 29.6. The summed E-state index contributed by atoms with van der Waals surface area (Å²) < 4.78 is 84.8. The first-order valence-corrected chi connectivity index (χ1v) is 12.4. The highest BCUT2D eigenvalue weighted by atomic mass is 19.4. The van der Waals surface area contributed by atoms with Gasteiger partial charge in [-0.15, -0.1) is 0 Å². The van der Waals surface area contributed by atoms with Crippen LogP contribution in [-0.2, 0) is 21.9 Å². The number of carbonyl (C=O) groups is 2. The maximum atomic E-state index is 13.4. The van der Waals surface area contributed by atoms with Crippen molar-refractivity contribution in [1.29, 1.82) is 0 Å². The van der Waals surface area contributed by atoms with Crippen molar-refractivity contribution < 1.29 is 45.9 Å². The predicted octanol–water partition coefficient (Wildman–Crippen LogP) is 4.74. The van der Waals surface area contributed by atoms with Gasteiger partial charge >= 0.3 is 12.4 Å². The van der Waals surface area contributed by atoms with Crippen LogP contribution in [0.15, 0.2) is 48.5 Å². The van der Waals surface area contributed by atoms with Crippen LogP contribution in [0, 0.1) is 11.8 Å². The molecule has 0 bridgehead atoms. The molecule has 13 heteroatoms. The molecule has 39 heavy (non-hydrogen) atoms. The summed E-state index contributed by atoms with van der Waals surface area (Å²) in [5.41, 5.74) is -0.497. The normalized spacial score (nSPS) is 22.4. The Morgan fingerprint density at radius 1 is 0.846 bits per heavy atom. The Morgan fingerprint density at radius 3 is 1.97 bits per heavy atom. The van der Waals surface area contributed by atoms with Crippen molar-refractivity contribution in [3.05, 3.63) is 59.7 Å². The molecule has 1 saturated carbocycles. The third-order valence-electron chi connectivity index (χ3n) is 7.14. The van der Waals surface area contributed by atoms with Crippen molar-refractivity contribution in [2.24, 2.45) is 11.8 Å². The van der Waals surface area contributed by atoms with Gasteiger partial charge in [-0.1, -0.05) is 18.2 Å². The number of ether oxygens (including phenoxy) is 1. The summed E-state index contributed by atoms with van der Waals surface area (Å²) in [7, 11) is 0. The Morgan fingerprint density at radius 2 is 1.44 bits per heavy atom. The summed E-state index contributed by atoms with van der Waals surface area (Å²) in [6.07, 6.45) is -11.0. The summed E-state index contributed by atoms with van der Waals surface area (Å²) in [6, 6.07) is 10.6. The molecule has 7 nitrogen and oxygen atoms in total. The first-order chi connectivity index (χ1) is 18.4. The van der Waals surface area contributed by atoms with E-state index in [-0.39, 0.29) is 31.2 Å². The molecule has 0 unspecified atom stereocenters. The van der Waals surface area contributed by atoms with Crippen molar-refractivity contribution in [1.82, 2.24) is 10.4 Å². The number of piperazine rings is 1. The van der Waals surface area contributed by atoms with E-state index in [9.17, 15) is 41.1 Å². The Balaban J connectivity index is 1.45. The fraction of sp³-hybridized carbons (Fsp3) is 0.462. The molecular formula is C26H27F6N3O4. The van der Waals surface area contributed by atoms with Crippen LogP contribution in [0.3, 0.4) is 0 Å². The van der Waals surface area contributed by atoms with E-state index in [2.05, 4.69) is 4.90 Å². The molecule has 2 aliphatic rings. The second kappa shape index (κ2) is 11.3. The number of carbonyl (C=O) groups excluding carboxylic acids is 2. The molecule has 3 atom stereocenters. The number of hydroxylamine groups is 1. The summed E-state index contributed by atoms with van der Waals surface area (Å²) in [5.74, 6) is -3.72. The predicted molar refractivity (Wildman–Crippen MR) is 127 cm³/mol. The zero-order valence-electron chi connectivity index (χ0n) is 20.6. The summed E-state index contributed by atoms with van der Waals surface area (Å²) in [6.45, 7) is 1.95. The number of benzene rings is 2. The average Bonchev–Trinajstić information content (AvgIpc) is 2.91. The number of hydrogen-bond donors (Lipinski definition) is 2. The molecule has 2 amide bonds. The lowest BCUT2D eigenvalue weighted by molar-refractivity contribution is -0.149. The van der Waals surface area contributed by atoms with E-state index in [1.165, 1.54) is 5.48 Å². The maximum Gasteiger partial charge on any atom is 0.416 e. The van der Waals surface area contributed by atoms with E-state index < -0.39 is 53.1 Å². The Kier molecular flexibility index (Phi) is 8.28. The lowest BCUT2D eigenvalue weighted by Gasteiger charge is -2.40. The van der Waals surface area contributed by atoms with Crippen molar-refractivity contribution in [3.63, 3.8) is 0 Å². The average molecular weight is 560 g/mol. The van der Waals surface area contributed by atoms with E-state index in [1.54, 1.807) is 4.90 Å². The molecular weight excluding hydrogens is 532 g/mol. The van der Waals surface area contributed by atoms with Crippen molar-refractivity contribution >= 4 is 17.5 Å². The van der Waals surface area contributed by atoms with Gasteiger partial charge in [0.1, 0.15) is 5.75 Å². The molecule has 2 aromatic carbocycles. The highest BCUT2D eigenvalue weighted by molar-refractivity contribution is 5.87. The number of halogens is 6. The van der Waals surface area contributed by atoms with Crippen molar-refractivity contribution in [2.75, 3.05) is 31.1 Å². The lowest BCUT2D eigenvalue weighted by Crippen LogP contribution is -2.53. The van der Waals surface area contributed by atoms with Gasteiger partial charge in [0.05, 0.1) is 29.1 Å². The molecule has 0 spiro atoms. The molecule has 0 aromatic heterocycles. The Labute approximate surface area is 220 Å². The van der Waals surface area contributed by atoms with Crippen LogP contribution in [0.25, 0.3) is 0 Å². The number of anilines is 1. The molecule has 1 aliphatic heterocycles. The highest BCUT2D eigenvalue weighted by Crippen LogP contribution is 2.40. The number of para-hydroxylation sites is 1. The van der Waals surface area contributed by atoms with Crippen LogP contribution in [0.1, 0.15) is 30.4 Å². The van der Waals surface area contributed by atoms with Crippen LogP contribution in [0.5, 0.6) is 5.75 Å². The maximum absolute atomic E-state index is 13.4. The van der Waals surface area contributed by atoms with Gasteiger partial charge in [-0.3, -0.25) is 14.8 Å². The van der Waals surface area contributed by atoms with Crippen molar-refractivity contribution in [2.45, 2.75) is 37.7 Å². The van der Waals surface area contributed by atoms with Gasteiger partial charge in [0.15, 0.2) is 0 Å². The molecule has 2 N–H and O–H groups in total. The SMILES string of the molecule is O=C(NO)[C@H]1C[C@H](Oc2cc(C(F)(F)F)cc(C(F)(F)F)c2)CC[C@@H]1C(=O)N1CCN(c2ccccc2)CC1. The van der Waals surface area contributed by atoms with Gasteiger partial charge < -0.3 is 14.5 Å². The fourth-order valence-electron chi connectivity index (χ4n) is 5.15. The van der Waals surface area contributed by atoms with E-state index >= 15 is 0 Å². The van der Waals surface area contributed by atoms with Gasteiger partial charge in [-0.25, -0.2) is 5.48 Å². The van der Waals surface area contributed by atoms with Crippen molar-refractivity contribution in [3.8, 4) is 5.75 Å². The fourth-order valence-corrected chi connectivity index (χ4v) is 5.15. The molecule has 4 rings (SSSR count). The molecule has 1 saturated heterocycles. The Hall–Kier alpha value is -3.48. The number of rotatable bonds is 5. The lowest BCUT2D eigenvalue weighted by atomic mass is 9.76.